The minimum absolute atomic E-state index is 0.0779. The van der Waals surface area contributed by atoms with Crippen LogP contribution in [0.3, 0.4) is 0 Å². The number of nitrogens with zero attached hydrogens (tertiary/aromatic N) is 4. The lowest BCUT2D eigenvalue weighted by atomic mass is 10.3. The molecule has 0 aliphatic carbocycles. The fourth-order valence-electron chi connectivity index (χ4n) is 3.90. The Hall–Kier alpha value is -3.61. The van der Waals surface area contributed by atoms with Crippen molar-refractivity contribution in [3.8, 4) is 0 Å². The lowest BCUT2D eigenvalue weighted by Gasteiger charge is -2.03. The van der Waals surface area contributed by atoms with Gasteiger partial charge in [-0.05, 0) is 54.0 Å². The summed E-state index contributed by atoms with van der Waals surface area (Å²) in [6.45, 7) is 3.77. The molecule has 4 heterocycles. The molecular formula is C28H24BrFN6O2S2. The van der Waals surface area contributed by atoms with Crippen molar-refractivity contribution in [2.75, 3.05) is 0 Å². The summed E-state index contributed by atoms with van der Waals surface area (Å²) in [5.41, 5.74) is 4.23. The molecule has 0 spiro atoms. The van der Waals surface area contributed by atoms with Gasteiger partial charge < -0.3 is 0 Å². The fraction of sp³-hybridized carbons (Fsp3) is 0.143. The second-order valence-electron chi connectivity index (χ2n) is 8.88. The summed E-state index contributed by atoms with van der Waals surface area (Å²) in [4.78, 5) is 34.4. The number of thioether (sulfide) groups is 2. The van der Waals surface area contributed by atoms with E-state index in [9.17, 15) is 14.0 Å². The number of rotatable bonds is 6. The molecule has 40 heavy (non-hydrogen) atoms. The van der Waals surface area contributed by atoms with Crippen LogP contribution in [0.25, 0.3) is 11.3 Å². The standard InChI is InChI=1S/C14H12BrN3OS.C14H12FN3OS/c2*1-9-6-13-16-10(7-14(19)18(13)17-9)8-20-12-5-3-2-4-11(12)15/h2*2-7,17H,8H2,1H3. The van der Waals surface area contributed by atoms with Crippen LogP contribution in [0.5, 0.6) is 0 Å². The molecule has 0 saturated carbocycles. The third-order valence-electron chi connectivity index (χ3n) is 5.69. The van der Waals surface area contributed by atoms with Crippen LogP contribution in [0, 0.1) is 19.7 Å². The quantitative estimate of drug-likeness (QED) is 0.212. The van der Waals surface area contributed by atoms with Crippen LogP contribution in [0.4, 0.5) is 4.39 Å². The van der Waals surface area contributed by atoms with Gasteiger partial charge in [-0.15, -0.1) is 23.5 Å². The third-order valence-corrected chi connectivity index (χ3v) is 8.83. The van der Waals surface area contributed by atoms with Crippen molar-refractivity contribution in [2.24, 2.45) is 0 Å². The van der Waals surface area contributed by atoms with Gasteiger partial charge in [0.15, 0.2) is 11.3 Å². The maximum absolute atomic E-state index is 13.5. The average Bonchev–Trinajstić information content (AvgIpc) is 3.50. The van der Waals surface area contributed by atoms with E-state index in [4.69, 9.17) is 0 Å². The molecule has 12 heteroatoms. The first-order valence-corrected chi connectivity index (χ1v) is 14.9. The van der Waals surface area contributed by atoms with Gasteiger partial charge in [0.2, 0.25) is 0 Å². The molecule has 4 aromatic heterocycles. The van der Waals surface area contributed by atoms with Crippen LogP contribution in [-0.2, 0) is 11.5 Å². The Morgan fingerprint density at radius 2 is 1.23 bits per heavy atom. The zero-order chi connectivity index (χ0) is 28.2. The summed E-state index contributed by atoms with van der Waals surface area (Å²) in [6, 6.07) is 21.3. The summed E-state index contributed by atoms with van der Waals surface area (Å²) in [5, 5.41) is 5.88. The van der Waals surface area contributed by atoms with Crippen LogP contribution in [0.2, 0.25) is 0 Å². The zero-order valence-electron chi connectivity index (χ0n) is 21.5. The highest BCUT2D eigenvalue weighted by Crippen LogP contribution is 2.29. The molecule has 0 saturated heterocycles. The van der Waals surface area contributed by atoms with Crippen LogP contribution in [-0.4, -0.2) is 29.2 Å². The van der Waals surface area contributed by atoms with E-state index in [1.165, 1.54) is 32.9 Å². The normalized spacial score (nSPS) is 11.1. The SMILES string of the molecule is Cc1cc2nc(CSc3ccccc3Br)cc(=O)n2[nH]1.Cc1cc2nc(CSc3ccccc3F)cc(=O)n2[nH]1. The first kappa shape index (κ1) is 27.9. The van der Waals surface area contributed by atoms with Gasteiger partial charge in [0, 0.05) is 61.4 Å². The highest BCUT2D eigenvalue weighted by atomic mass is 79.9. The molecule has 0 atom stereocenters. The van der Waals surface area contributed by atoms with E-state index in [2.05, 4.69) is 36.1 Å². The van der Waals surface area contributed by atoms with Gasteiger partial charge >= 0.3 is 0 Å². The molecule has 0 bridgehead atoms. The Morgan fingerprint density at radius 1 is 0.750 bits per heavy atom. The largest absolute Gasteiger partial charge is 0.294 e. The third kappa shape index (κ3) is 6.57. The highest BCUT2D eigenvalue weighted by molar-refractivity contribution is 9.10. The summed E-state index contributed by atoms with van der Waals surface area (Å²) in [7, 11) is 0. The second-order valence-corrected chi connectivity index (χ2v) is 11.8. The number of H-pyrrole nitrogens is 2. The van der Waals surface area contributed by atoms with Gasteiger partial charge in [0.05, 0.1) is 11.4 Å². The van der Waals surface area contributed by atoms with Crippen molar-refractivity contribution >= 4 is 50.7 Å². The number of hydrogen-bond donors (Lipinski definition) is 2. The van der Waals surface area contributed by atoms with Crippen LogP contribution < -0.4 is 11.1 Å². The van der Waals surface area contributed by atoms with E-state index in [1.54, 1.807) is 42.1 Å². The molecule has 0 radical (unpaired) electrons. The summed E-state index contributed by atoms with van der Waals surface area (Å²) >= 11 is 6.50. The first-order valence-electron chi connectivity index (χ1n) is 12.2. The van der Waals surface area contributed by atoms with Crippen molar-refractivity contribution < 1.29 is 4.39 Å². The molecule has 6 rings (SSSR count). The van der Waals surface area contributed by atoms with Gasteiger partial charge in [0.25, 0.3) is 11.1 Å². The number of aromatic amines is 2. The van der Waals surface area contributed by atoms with Gasteiger partial charge in [0.1, 0.15) is 5.82 Å². The average molecular weight is 640 g/mol. The Morgan fingerprint density at radius 3 is 1.75 bits per heavy atom. The van der Waals surface area contributed by atoms with E-state index in [-0.39, 0.29) is 16.9 Å². The van der Waals surface area contributed by atoms with Crippen LogP contribution in [0.15, 0.2) is 96.6 Å². The fourth-order valence-corrected chi connectivity index (χ4v) is 6.19. The number of aryl methyl sites for hydroxylation is 2. The Bertz CT molecular complexity index is 1790. The molecule has 0 amide bonds. The monoisotopic (exact) mass is 638 g/mol. The molecule has 204 valence electrons. The zero-order valence-corrected chi connectivity index (χ0v) is 24.7. The Kier molecular flexibility index (Phi) is 8.57. The minimum atomic E-state index is -0.257. The number of halogens is 2. The van der Waals surface area contributed by atoms with Crippen LogP contribution in [0.1, 0.15) is 22.8 Å². The van der Waals surface area contributed by atoms with Crippen LogP contribution >= 0.6 is 39.5 Å². The van der Waals surface area contributed by atoms with Gasteiger partial charge in [-0.2, -0.15) is 0 Å². The number of hydrogen-bond acceptors (Lipinski definition) is 6. The second kappa shape index (κ2) is 12.3. The molecule has 8 nitrogen and oxygen atoms in total. The van der Waals surface area contributed by atoms with E-state index in [1.807, 2.05) is 44.2 Å². The van der Waals surface area contributed by atoms with Crippen molar-refractivity contribution in [2.45, 2.75) is 35.1 Å². The number of fused-ring (bicyclic) bond motifs is 2. The minimum Gasteiger partial charge on any atom is -0.294 e. The molecule has 0 unspecified atom stereocenters. The van der Waals surface area contributed by atoms with Gasteiger partial charge in [-0.1, -0.05) is 24.3 Å². The first-order chi connectivity index (χ1) is 19.3. The van der Waals surface area contributed by atoms with Crippen molar-refractivity contribution in [1.82, 2.24) is 29.2 Å². The predicted octanol–water partition coefficient (Wildman–Crippen LogP) is 6.15. The van der Waals surface area contributed by atoms with Gasteiger partial charge in [-0.25, -0.2) is 23.4 Å². The lowest BCUT2D eigenvalue weighted by Crippen LogP contribution is -2.15. The number of aromatic nitrogens is 6. The number of benzene rings is 2. The van der Waals surface area contributed by atoms with Crippen molar-refractivity contribution in [3.63, 3.8) is 0 Å². The van der Waals surface area contributed by atoms with Crippen molar-refractivity contribution in [3.05, 3.63) is 127 Å². The van der Waals surface area contributed by atoms with E-state index in [0.29, 0.717) is 33.4 Å². The molecule has 2 N–H and O–H groups in total. The van der Waals surface area contributed by atoms with E-state index >= 15 is 0 Å². The smallest absolute Gasteiger partial charge is 0.272 e. The molecule has 0 aliphatic heterocycles. The predicted molar refractivity (Wildman–Crippen MR) is 161 cm³/mol. The molecule has 6 aromatic rings. The van der Waals surface area contributed by atoms with E-state index in [0.717, 1.165) is 26.4 Å². The Balaban J connectivity index is 0.000000161. The molecular weight excluding hydrogens is 615 g/mol. The summed E-state index contributed by atoms with van der Waals surface area (Å²) < 4.78 is 17.4. The maximum atomic E-state index is 13.5. The van der Waals surface area contributed by atoms with Gasteiger partial charge in [-0.3, -0.25) is 19.8 Å². The topological polar surface area (TPSA) is 100 Å². The number of nitrogens with one attached hydrogen (secondary N) is 2. The molecule has 0 fully saturated rings. The lowest BCUT2D eigenvalue weighted by molar-refractivity contribution is 0.602. The summed E-state index contributed by atoms with van der Waals surface area (Å²) in [5.74, 6) is 0.864. The molecule has 0 aliphatic rings. The Labute approximate surface area is 245 Å². The van der Waals surface area contributed by atoms with E-state index < -0.39 is 0 Å². The van der Waals surface area contributed by atoms with Crippen molar-refractivity contribution in [1.29, 1.82) is 0 Å². The maximum Gasteiger partial charge on any atom is 0.272 e. The molecule has 2 aromatic carbocycles. The summed E-state index contributed by atoms with van der Waals surface area (Å²) in [6.07, 6.45) is 0. The highest BCUT2D eigenvalue weighted by Gasteiger charge is 2.08.